The summed E-state index contributed by atoms with van der Waals surface area (Å²) < 4.78 is 5.01. The van der Waals surface area contributed by atoms with Gasteiger partial charge in [0.2, 0.25) is 0 Å². The highest BCUT2D eigenvalue weighted by Crippen LogP contribution is 2.33. The molecule has 0 aromatic carbocycles. The molecule has 2 atom stereocenters. The van der Waals surface area contributed by atoms with Crippen molar-refractivity contribution in [3.05, 3.63) is 0 Å². The molecule has 0 aromatic rings. The van der Waals surface area contributed by atoms with E-state index in [0.29, 0.717) is 18.3 Å². The number of ketones is 1. The topological polar surface area (TPSA) is 26.3 Å². The Morgan fingerprint density at radius 3 is 2.57 bits per heavy atom. The molecule has 1 aliphatic carbocycles. The number of hydrogen-bond acceptors (Lipinski definition) is 2. The van der Waals surface area contributed by atoms with Gasteiger partial charge in [-0.05, 0) is 0 Å². The predicted molar refractivity (Wildman–Crippen MR) is 22.9 cm³/mol. The lowest BCUT2D eigenvalue weighted by Gasteiger charge is -2.21. The van der Waals surface area contributed by atoms with Gasteiger partial charge in [-0.3, -0.25) is 4.79 Å². The Kier molecular flexibility index (Phi) is 0.460. The molecular weight excluding hydrogens is 92.1 g/mol. The Bertz CT molecular complexity index is 113. The Balaban J connectivity index is 2.27. The maximum atomic E-state index is 10.5. The second kappa shape index (κ2) is 0.892. The van der Waals surface area contributed by atoms with E-state index in [9.17, 15) is 4.79 Å². The smallest absolute Gasteiger partial charge is 0.164 e. The molecule has 1 saturated carbocycles. The van der Waals surface area contributed by atoms with Gasteiger partial charge in [0.15, 0.2) is 5.78 Å². The van der Waals surface area contributed by atoms with Crippen molar-refractivity contribution in [1.29, 1.82) is 0 Å². The summed E-state index contributed by atoms with van der Waals surface area (Å²) >= 11 is 0. The second-order valence-corrected chi connectivity index (χ2v) is 2.15. The van der Waals surface area contributed by atoms with Crippen molar-refractivity contribution in [2.45, 2.75) is 25.0 Å². The fourth-order valence-electron chi connectivity index (χ4n) is 1.15. The van der Waals surface area contributed by atoms with Crippen LogP contribution in [0.2, 0.25) is 0 Å². The normalized spacial score (nSPS) is 46.6. The number of hydrogen-bond donors (Lipinski definition) is 0. The minimum absolute atomic E-state index is 0.0185. The van der Waals surface area contributed by atoms with E-state index in [2.05, 4.69) is 0 Å². The highest BCUT2D eigenvalue weighted by atomic mass is 16.5. The Hall–Kier alpha value is -0.370. The van der Waals surface area contributed by atoms with Gasteiger partial charge in [-0.25, -0.2) is 0 Å². The van der Waals surface area contributed by atoms with Gasteiger partial charge < -0.3 is 4.74 Å². The molecule has 3 aliphatic rings. The van der Waals surface area contributed by atoms with E-state index in [1.165, 1.54) is 0 Å². The molecule has 0 unspecified atom stereocenters. The molecule has 38 valence electrons. The Labute approximate surface area is 41.5 Å². The molecule has 0 radical (unpaired) electrons. The van der Waals surface area contributed by atoms with E-state index in [-0.39, 0.29) is 6.10 Å². The third-order valence-corrected chi connectivity index (χ3v) is 1.62. The Morgan fingerprint density at radius 2 is 2.43 bits per heavy atom. The largest absolute Gasteiger partial charge is 0.367 e. The summed E-state index contributed by atoms with van der Waals surface area (Å²) in [5.74, 6) is 0.310. The fourth-order valence-corrected chi connectivity index (χ4v) is 1.15. The molecule has 3 fully saturated rings. The van der Waals surface area contributed by atoms with Crippen LogP contribution in [0.5, 0.6) is 0 Å². The summed E-state index contributed by atoms with van der Waals surface area (Å²) in [7, 11) is 0. The minimum atomic E-state index is 0.0185. The zero-order chi connectivity index (χ0) is 4.85. The van der Waals surface area contributed by atoms with E-state index in [1.807, 2.05) is 0 Å². The quantitative estimate of drug-likeness (QED) is 0.430. The van der Waals surface area contributed by atoms with Crippen molar-refractivity contribution in [3.63, 3.8) is 0 Å². The monoisotopic (exact) mass is 98.0 g/mol. The van der Waals surface area contributed by atoms with Crippen LogP contribution in [0.15, 0.2) is 0 Å². The molecule has 0 amide bonds. The fraction of sp³-hybridized carbons (Fsp3) is 0.800. The zero-order valence-corrected chi connectivity index (χ0v) is 3.89. The number of carbonyl (C=O) groups excluding carboxylic acids is 1. The maximum absolute atomic E-state index is 10.5. The van der Waals surface area contributed by atoms with Crippen molar-refractivity contribution in [2.24, 2.45) is 0 Å². The van der Waals surface area contributed by atoms with Crippen molar-refractivity contribution in [3.8, 4) is 0 Å². The van der Waals surface area contributed by atoms with Gasteiger partial charge in [0.1, 0.15) is 6.10 Å². The Morgan fingerprint density at radius 1 is 1.71 bits per heavy atom. The first kappa shape index (κ1) is 3.61. The summed E-state index contributed by atoms with van der Waals surface area (Å²) in [6.45, 7) is 0. The first-order valence-electron chi connectivity index (χ1n) is 2.54. The van der Waals surface area contributed by atoms with Crippen LogP contribution in [0.1, 0.15) is 12.8 Å². The molecule has 2 heterocycles. The van der Waals surface area contributed by atoms with Gasteiger partial charge in [0, 0.05) is 12.8 Å². The van der Waals surface area contributed by atoms with Crippen LogP contribution in [0, 0.1) is 0 Å². The third-order valence-electron chi connectivity index (χ3n) is 1.62. The molecule has 2 bridgehead atoms. The van der Waals surface area contributed by atoms with Gasteiger partial charge in [0.25, 0.3) is 0 Å². The number of Topliss-reactive ketones (excluding diaryl/α,β-unsaturated/α-hetero) is 1. The van der Waals surface area contributed by atoms with E-state index in [0.717, 1.165) is 6.42 Å². The van der Waals surface area contributed by atoms with Crippen molar-refractivity contribution >= 4 is 5.78 Å². The van der Waals surface area contributed by atoms with Crippen LogP contribution in [0.25, 0.3) is 0 Å². The van der Waals surface area contributed by atoms with Gasteiger partial charge in [0.05, 0.1) is 6.10 Å². The molecule has 0 spiro atoms. The van der Waals surface area contributed by atoms with Crippen LogP contribution >= 0.6 is 0 Å². The van der Waals surface area contributed by atoms with Crippen LogP contribution in [-0.2, 0) is 9.53 Å². The summed E-state index contributed by atoms with van der Waals surface area (Å²) in [5, 5.41) is 0. The average molecular weight is 98.1 g/mol. The summed E-state index contributed by atoms with van der Waals surface area (Å²) in [4.78, 5) is 10.5. The van der Waals surface area contributed by atoms with Crippen molar-refractivity contribution < 1.29 is 9.53 Å². The average Bonchev–Trinajstić information content (AvgIpc) is 1.85. The molecule has 0 aromatic heterocycles. The highest BCUT2D eigenvalue weighted by molar-refractivity contribution is 5.88. The molecule has 2 heteroatoms. The van der Waals surface area contributed by atoms with E-state index in [4.69, 9.17) is 4.74 Å². The molecule has 2 nitrogen and oxygen atoms in total. The van der Waals surface area contributed by atoms with Crippen molar-refractivity contribution in [1.82, 2.24) is 0 Å². The number of rotatable bonds is 0. The molecule has 2 aliphatic heterocycles. The SMILES string of the molecule is O=C1C[C@@H]2C[C@H]1O2. The second-order valence-electron chi connectivity index (χ2n) is 2.15. The van der Waals surface area contributed by atoms with Gasteiger partial charge >= 0.3 is 0 Å². The lowest BCUT2D eigenvalue weighted by molar-refractivity contribution is -0.130. The van der Waals surface area contributed by atoms with Crippen LogP contribution < -0.4 is 0 Å². The number of carbonyl (C=O) groups is 1. The summed E-state index contributed by atoms with van der Waals surface area (Å²) in [6, 6.07) is 0. The highest BCUT2D eigenvalue weighted by Gasteiger charge is 2.44. The standard InChI is InChI=1S/C5H6O2/c6-4-1-3-2-5(4)7-3/h3,5H,1-2H2/t3-,5-/m1/s1. The van der Waals surface area contributed by atoms with Gasteiger partial charge in [-0.1, -0.05) is 0 Å². The van der Waals surface area contributed by atoms with E-state index in [1.54, 1.807) is 0 Å². The first-order chi connectivity index (χ1) is 3.36. The van der Waals surface area contributed by atoms with Crippen LogP contribution in [-0.4, -0.2) is 18.0 Å². The first-order valence-corrected chi connectivity index (χ1v) is 2.54. The van der Waals surface area contributed by atoms with E-state index < -0.39 is 0 Å². The van der Waals surface area contributed by atoms with Crippen LogP contribution in [0.4, 0.5) is 0 Å². The van der Waals surface area contributed by atoms with E-state index >= 15 is 0 Å². The third kappa shape index (κ3) is 0.304. The summed E-state index contributed by atoms with van der Waals surface area (Å²) in [6.07, 6.45) is 2.02. The minimum Gasteiger partial charge on any atom is -0.367 e. The lowest BCUT2D eigenvalue weighted by Crippen LogP contribution is -2.28. The summed E-state index contributed by atoms with van der Waals surface area (Å²) in [5.41, 5.74) is 0. The molecular formula is C5H6O2. The lowest BCUT2D eigenvalue weighted by atomic mass is 10.2. The molecule has 2 saturated heterocycles. The van der Waals surface area contributed by atoms with Gasteiger partial charge in [-0.2, -0.15) is 0 Å². The zero-order valence-electron chi connectivity index (χ0n) is 3.89. The maximum Gasteiger partial charge on any atom is 0.164 e. The van der Waals surface area contributed by atoms with Crippen LogP contribution in [0.3, 0.4) is 0 Å². The molecule has 7 heavy (non-hydrogen) atoms. The predicted octanol–water partition coefficient (Wildman–Crippen LogP) is 0.117. The van der Waals surface area contributed by atoms with Gasteiger partial charge in [-0.15, -0.1) is 0 Å². The number of fused-ring (bicyclic) bond motifs is 1. The number of ether oxygens (including phenoxy) is 1. The molecule has 0 N–H and O–H groups in total. The van der Waals surface area contributed by atoms with Crippen molar-refractivity contribution in [2.75, 3.05) is 0 Å². The molecule has 3 rings (SSSR count).